The summed E-state index contributed by atoms with van der Waals surface area (Å²) in [5.41, 5.74) is 5.45. The smallest absolute Gasteiger partial charge is 0.244 e. The number of amides is 1. The van der Waals surface area contributed by atoms with Gasteiger partial charge in [0.1, 0.15) is 5.54 Å². The highest BCUT2D eigenvalue weighted by Crippen LogP contribution is 2.22. The van der Waals surface area contributed by atoms with Crippen molar-refractivity contribution in [2.24, 2.45) is 5.73 Å². The summed E-state index contributed by atoms with van der Waals surface area (Å²) in [5, 5.41) is 3.18. The van der Waals surface area contributed by atoms with Gasteiger partial charge in [-0.3, -0.25) is 10.1 Å². The minimum absolute atomic E-state index is 0.106. The zero-order valence-electron chi connectivity index (χ0n) is 13.1. The molecule has 5 nitrogen and oxygen atoms in total. The largest absolute Gasteiger partial charge is 0.379 e. The zero-order chi connectivity index (χ0) is 15.7. The van der Waals surface area contributed by atoms with E-state index in [9.17, 15) is 4.79 Å². The second-order valence-electron chi connectivity index (χ2n) is 4.95. The Balaban J connectivity index is 2.89. The third-order valence-electron chi connectivity index (χ3n) is 3.31. The average molecular weight is 294 g/mol. The summed E-state index contributed by atoms with van der Waals surface area (Å²) in [6, 6.07) is 9.43. The molecule has 3 N–H and O–H groups in total. The van der Waals surface area contributed by atoms with Crippen LogP contribution in [0.15, 0.2) is 30.3 Å². The van der Waals surface area contributed by atoms with Crippen molar-refractivity contribution < 1.29 is 14.3 Å². The van der Waals surface area contributed by atoms with E-state index in [0.717, 1.165) is 5.56 Å². The molecule has 2 atom stereocenters. The molecule has 1 amide bonds. The van der Waals surface area contributed by atoms with Crippen LogP contribution in [0, 0.1) is 0 Å². The van der Waals surface area contributed by atoms with Crippen LogP contribution in [0.3, 0.4) is 0 Å². The molecule has 2 unspecified atom stereocenters. The Morgan fingerprint density at radius 2 is 2.00 bits per heavy atom. The van der Waals surface area contributed by atoms with Crippen LogP contribution in [0.4, 0.5) is 0 Å². The molecule has 0 aliphatic heterocycles. The zero-order valence-corrected chi connectivity index (χ0v) is 13.1. The molecule has 5 heteroatoms. The number of carbonyl (C=O) groups excluding carboxylic acids is 1. The van der Waals surface area contributed by atoms with Crippen molar-refractivity contribution in [3.05, 3.63) is 35.9 Å². The first kappa shape index (κ1) is 17.6. The Bertz CT molecular complexity index is 425. The van der Waals surface area contributed by atoms with Gasteiger partial charge in [0.05, 0.1) is 19.3 Å². The molecule has 1 aromatic carbocycles. The number of primary amides is 1. The van der Waals surface area contributed by atoms with E-state index in [2.05, 4.69) is 5.32 Å². The van der Waals surface area contributed by atoms with Gasteiger partial charge in [-0.25, -0.2) is 0 Å². The Labute approximate surface area is 126 Å². The molecule has 0 bridgehead atoms. The summed E-state index contributed by atoms with van der Waals surface area (Å²) in [4.78, 5) is 12.1. The van der Waals surface area contributed by atoms with Crippen LogP contribution >= 0.6 is 0 Å². The van der Waals surface area contributed by atoms with E-state index in [1.807, 2.05) is 51.1 Å². The second kappa shape index (κ2) is 8.77. The van der Waals surface area contributed by atoms with E-state index < -0.39 is 11.4 Å². The lowest BCUT2D eigenvalue weighted by atomic mass is 9.89. The quantitative estimate of drug-likeness (QED) is 0.684. The van der Waals surface area contributed by atoms with Crippen LogP contribution in [0.25, 0.3) is 0 Å². The van der Waals surface area contributed by atoms with E-state index >= 15 is 0 Å². The van der Waals surface area contributed by atoms with Gasteiger partial charge in [-0.05, 0) is 26.0 Å². The fraction of sp³-hybridized carbons (Fsp3) is 0.562. The third-order valence-corrected chi connectivity index (χ3v) is 3.31. The van der Waals surface area contributed by atoms with Crippen LogP contribution in [0.2, 0.25) is 0 Å². The Morgan fingerprint density at radius 1 is 1.33 bits per heavy atom. The van der Waals surface area contributed by atoms with Gasteiger partial charge < -0.3 is 15.2 Å². The van der Waals surface area contributed by atoms with Gasteiger partial charge in [-0.15, -0.1) is 0 Å². The number of nitrogens with two attached hydrogens (primary N) is 1. The van der Waals surface area contributed by atoms with Crippen molar-refractivity contribution in [3.63, 3.8) is 0 Å². The number of nitrogens with one attached hydrogen (secondary N) is 1. The van der Waals surface area contributed by atoms with Gasteiger partial charge in [0, 0.05) is 6.61 Å². The van der Waals surface area contributed by atoms with E-state index in [4.69, 9.17) is 15.2 Å². The molecule has 0 saturated carbocycles. The number of hydrogen-bond acceptors (Lipinski definition) is 4. The van der Waals surface area contributed by atoms with Gasteiger partial charge in [0.15, 0.2) is 0 Å². The van der Waals surface area contributed by atoms with Crippen molar-refractivity contribution in [1.82, 2.24) is 5.32 Å². The predicted molar refractivity (Wildman–Crippen MR) is 82.9 cm³/mol. The van der Waals surface area contributed by atoms with E-state index in [-0.39, 0.29) is 12.7 Å². The molecule has 0 aliphatic rings. The minimum Gasteiger partial charge on any atom is -0.379 e. The minimum atomic E-state index is -1.02. The maximum Gasteiger partial charge on any atom is 0.244 e. The third kappa shape index (κ3) is 4.81. The maximum absolute atomic E-state index is 12.1. The number of carbonyl (C=O) groups is 1. The van der Waals surface area contributed by atoms with Gasteiger partial charge in [0.2, 0.25) is 5.91 Å². The van der Waals surface area contributed by atoms with Crippen molar-refractivity contribution in [3.8, 4) is 0 Å². The van der Waals surface area contributed by atoms with Crippen LogP contribution in [0.5, 0.6) is 0 Å². The van der Waals surface area contributed by atoms with Crippen molar-refractivity contribution in [2.75, 3.05) is 26.4 Å². The summed E-state index contributed by atoms with van der Waals surface area (Å²) >= 11 is 0. The second-order valence-corrected chi connectivity index (χ2v) is 4.95. The first-order valence-electron chi connectivity index (χ1n) is 7.36. The lowest BCUT2D eigenvalue weighted by Gasteiger charge is -2.33. The normalized spacial score (nSPS) is 15.4. The molecule has 1 aromatic rings. The molecule has 0 radical (unpaired) electrons. The molecule has 21 heavy (non-hydrogen) atoms. The Hall–Kier alpha value is -1.43. The van der Waals surface area contributed by atoms with E-state index in [1.54, 1.807) is 0 Å². The highest BCUT2D eigenvalue weighted by molar-refractivity contribution is 5.86. The first-order chi connectivity index (χ1) is 10.1. The summed E-state index contributed by atoms with van der Waals surface area (Å²) in [7, 11) is 0. The van der Waals surface area contributed by atoms with Crippen LogP contribution in [-0.4, -0.2) is 38.4 Å². The lowest BCUT2D eigenvalue weighted by molar-refractivity contribution is -0.129. The maximum atomic E-state index is 12.1. The van der Waals surface area contributed by atoms with Crippen LogP contribution < -0.4 is 11.1 Å². The fourth-order valence-electron chi connectivity index (χ4n) is 2.16. The van der Waals surface area contributed by atoms with Crippen molar-refractivity contribution >= 4 is 5.91 Å². The Kier molecular flexibility index (Phi) is 7.36. The van der Waals surface area contributed by atoms with Gasteiger partial charge >= 0.3 is 0 Å². The van der Waals surface area contributed by atoms with Gasteiger partial charge in [-0.2, -0.15) is 0 Å². The number of rotatable bonds is 10. The summed E-state index contributed by atoms with van der Waals surface area (Å²) in [6.07, 6.45) is -0.106. The highest BCUT2D eigenvalue weighted by atomic mass is 16.5. The summed E-state index contributed by atoms with van der Waals surface area (Å²) in [5.74, 6) is -0.445. The molecule has 0 fully saturated rings. The number of hydrogen-bond donors (Lipinski definition) is 2. The molecule has 0 saturated heterocycles. The van der Waals surface area contributed by atoms with Crippen molar-refractivity contribution in [2.45, 2.75) is 32.4 Å². The first-order valence-corrected chi connectivity index (χ1v) is 7.36. The van der Waals surface area contributed by atoms with Crippen LogP contribution in [-0.2, 0) is 19.8 Å². The number of ether oxygens (including phenoxy) is 2. The average Bonchev–Trinajstić information content (AvgIpc) is 2.50. The molecule has 0 aliphatic carbocycles. The molecular formula is C16H26N2O3. The van der Waals surface area contributed by atoms with Crippen molar-refractivity contribution in [1.29, 1.82) is 0 Å². The SMILES string of the molecule is CCNC(COC(C)COCC)(C(N)=O)c1ccccc1. The summed E-state index contributed by atoms with van der Waals surface area (Å²) in [6.45, 7) is 7.70. The topological polar surface area (TPSA) is 73.6 Å². The highest BCUT2D eigenvalue weighted by Gasteiger charge is 2.38. The predicted octanol–water partition coefficient (Wildman–Crippen LogP) is 1.42. The van der Waals surface area contributed by atoms with Gasteiger partial charge in [0.25, 0.3) is 0 Å². The number of likely N-dealkylation sites (N-methyl/N-ethyl adjacent to an activating group) is 1. The molecule has 0 spiro atoms. The molecular weight excluding hydrogens is 268 g/mol. The van der Waals surface area contributed by atoms with E-state index in [0.29, 0.717) is 19.8 Å². The number of benzene rings is 1. The Morgan fingerprint density at radius 3 is 2.52 bits per heavy atom. The van der Waals surface area contributed by atoms with Gasteiger partial charge in [-0.1, -0.05) is 37.3 Å². The van der Waals surface area contributed by atoms with E-state index in [1.165, 1.54) is 0 Å². The molecule has 1 rings (SSSR count). The molecule has 0 heterocycles. The lowest BCUT2D eigenvalue weighted by Crippen LogP contribution is -2.56. The summed E-state index contributed by atoms with van der Waals surface area (Å²) < 4.78 is 11.1. The standard InChI is InChI=1S/C16H26N2O3/c1-4-18-16(15(17)19,14-9-7-6-8-10-14)12-21-13(3)11-20-5-2/h6-10,13,18H,4-5,11-12H2,1-3H3,(H2,17,19). The fourth-order valence-corrected chi connectivity index (χ4v) is 2.16. The molecule has 118 valence electrons. The molecule has 0 aromatic heterocycles. The monoisotopic (exact) mass is 294 g/mol. The van der Waals surface area contributed by atoms with Crippen LogP contribution in [0.1, 0.15) is 26.3 Å².